The predicted molar refractivity (Wildman–Crippen MR) is 78.8 cm³/mol. The molecule has 118 valence electrons. The van der Waals surface area contributed by atoms with E-state index in [1.807, 2.05) is 0 Å². The SMILES string of the molecule is CCOc1ccc(S(=O)(=O)NCC(C)(O)C(=O)O)cc1Br. The molecule has 1 rings (SSSR count). The highest BCUT2D eigenvalue weighted by Crippen LogP contribution is 2.27. The van der Waals surface area contributed by atoms with Crippen LogP contribution in [0.5, 0.6) is 5.75 Å². The normalized spacial score (nSPS) is 14.5. The lowest BCUT2D eigenvalue weighted by molar-refractivity contribution is -0.155. The zero-order valence-electron chi connectivity index (χ0n) is 11.5. The molecule has 0 spiro atoms. The molecule has 7 nitrogen and oxygen atoms in total. The van der Waals surface area contributed by atoms with E-state index in [-0.39, 0.29) is 4.90 Å². The quantitative estimate of drug-likeness (QED) is 0.648. The standard InChI is InChI=1S/C12H16BrNO6S/c1-3-20-10-5-4-8(6-9(10)13)21(18,19)14-7-12(2,17)11(15)16/h4-6,14,17H,3,7H2,1-2H3,(H,15,16). The highest BCUT2D eigenvalue weighted by molar-refractivity contribution is 9.10. The molecular weight excluding hydrogens is 366 g/mol. The summed E-state index contributed by atoms with van der Waals surface area (Å²) in [7, 11) is -3.94. The molecule has 1 aromatic carbocycles. The first-order valence-electron chi connectivity index (χ1n) is 5.98. The summed E-state index contributed by atoms with van der Waals surface area (Å²) in [5, 5.41) is 18.3. The van der Waals surface area contributed by atoms with Gasteiger partial charge in [0.05, 0.1) is 22.5 Å². The predicted octanol–water partition coefficient (Wildman–Crippen LogP) is 0.962. The summed E-state index contributed by atoms with van der Waals surface area (Å²) in [6.45, 7) is 2.60. The molecule has 0 bridgehead atoms. The average Bonchev–Trinajstić information content (AvgIpc) is 2.39. The van der Waals surface area contributed by atoms with Crippen LogP contribution in [0.4, 0.5) is 0 Å². The first-order valence-corrected chi connectivity index (χ1v) is 8.25. The molecule has 3 N–H and O–H groups in total. The van der Waals surface area contributed by atoms with Gasteiger partial charge in [-0.3, -0.25) is 0 Å². The van der Waals surface area contributed by atoms with Crippen molar-refractivity contribution < 1.29 is 28.2 Å². The molecule has 0 saturated carbocycles. The summed E-state index contributed by atoms with van der Waals surface area (Å²) in [5.74, 6) is -1.02. The van der Waals surface area contributed by atoms with E-state index in [0.717, 1.165) is 6.92 Å². The fourth-order valence-electron chi connectivity index (χ4n) is 1.32. The molecule has 0 aliphatic carbocycles. The first kappa shape index (κ1) is 17.9. The number of benzene rings is 1. The van der Waals surface area contributed by atoms with Gasteiger partial charge in [-0.25, -0.2) is 17.9 Å². The van der Waals surface area contributed by atoms with Gasteiger partial charge in [0.15, 0.2) is 5.60 Å². The first-order chi connectivity index (χ1) is 9.60. The summed E-state index contributed by atoms with van der Waals surface area (Å²) in [6.07, 6.45) is 0. The molecule has 0 amide bonds. The van der Waals surface area contributed by atoms with Gasteiger partial charge in [0.2, 0.25) is 10.0 Å². The molecule has 0 aliphatic heterocycles. The van der Waals surface area contributed by atoms with Crippen LogP contribution < -0.4 is 9.46 Å². The topological polar surface area (TPSA) is 113 Å². The van der Waals surface area contributed by atoms with Crippen LogP contribution in [0, 0.1) is 0 Å². The van der Waals surface area contributed by atoms with E-state index in [1.165, 1.54) is 18.2 Å². The number of sulfonamides is 1. The molecule has 0 heterocycles. The molecule has 21 heavy (non-hydrogen) atoms. The second-order valence-corrected chi connectivity index (χ2v) is 7.05. The highest BCUT2D eigenvalue weighted by Gasteiger charge is 2.31. The Balaban J connectivity index is 2.94. The number of hydrogen-bond acceptors (Lipinski definition) is 5. The van der Waals surface area contributed by atoms with Gasteiger partial charge in [0, 0.05) is 0 Å². The van der Waals surface area contributed by atoms with Crippen molar-refractivity contribution in [1.29, 1.82) is 0 Å². The Morgan fingerprint density at radius 1 is 1.48 bits per heavy atom. The zero-order chi connectivity index (χ0) is 16.3. The van der Waals surface area contributed by atoms with E-state index < -0.39 is 28.1 Å². The van der Waals surface area contributed by atoms with Crippen molar-refractivity contribution in [3.05, 3.63) is 22.7 Å². The van der Waals surface area contributed by atoms with Crippen LogP contribution in [0.3, 0.4) is 0 Å². The van der Waals surface area contributed by atoms with E-state index in [4.69, 9.17) is 9.84 Å². The molecular formula is C12H16BrNO6S. The second-order valence-electron chi connectivity index (χ2n) is 4.43. The molecule has 0 aliphatic rings. The summed E-state index contributed by atoms with van der Waals surface area (Å²) in [4.78, 5) is 10.7. The summed E-state index contributed by atoms with van der Waals surface area (Å²) in [6, 6.07) is 4.15. The maximum Gasteiger partial charge on any atom is 0.336 e. The summed E-state index contributed by atoms with van der Waals surface area (Å²) >= 11 is 3.19. The number of hydrogen-bond donors (Lipinski definition) is 3. The smallest absolute Gasteiger partial charge is 0.336 e. The van der Waals surface area contributed by atoms with Crippen molar-refractivity contribution in [2.24, 2.45) is 0 Å². The van der Waals surface area contributed by atoms with Gasteiger partial charge in [-0.15, -0.1) is 0 Å². The van der Waals surface area contributed by atoms with Crippen molar-refractivity contribution >= 4 is 31.9 Å². The maximum atomic E-state index is 12.0. The number of rotatable bonds is 7. The van der Waals surface area contributed by atoms with Gasteiger partial charge in [0.1, 0.15) is 5.75 Å². The van der Waals surface area contributed by atoms with Gasteiger partial charge in [-0.05, 0) is 48.0 Å². The molecule has 0 aromatic heterocycles. The summed E-state index contributed by atoms with van der Waals surface area (Å²) < 4.78 is 31.9. The van der Waals surface area contributed by atoms with Crippen LogP contribution in [-0.4, -0.2) is 43.4 Å². The minimum atomic E-state index is -3.94. The number of carboxylic acids is 1. The largest absolute Gasteiger partial charge is 0.493 e. The van der Waals surface area contributed by atoms with Crippen LogP contribution in [0.15, 0.2) is 27.6 Å². The third kappa shape index (κ3) is 4.67. The zero-order valence-corrected chi connectivity index (χ0v) is 13.9. The van der Waals surface area contributed by atoms with Crippen LogP contribution >= 0.6 is 15.9 Å². The molecule has 1 atom stereocenters. The Morgan fingerprint density at radius 2 is 2.10 bits per heavy atom. The lowest BCUT2D eigenvalue weighted by Crippen LogP contribution is -2.46. The molecule has 1 aromatic rings. The van der Waals surface area contributed by atoms with E-state index in [1.54, 1.807) is 6.92 Å². The summed E-state index contributed by atoms with van der Waals surface area (Å²) in [5.41, 5.74) is -2.18. The lowest BCUT2D eigenvalue weighted by atomic mass is 10.1. The minimum Gasteiger partial charge on any atom is -0.493 e. The Hall–Kier alpha value is -1.16. The van der Waals surface area contributed by atoms with Crippen molar-refractivity contribution in [1.82, 2.24) is 4.72 Å². The lowest BCUT2D eigenvalue weighted by Gasteiger charge is -2.18. The van der Waals surface area contributed by atoms with E-state index >= 15 is 0 Å². The monoisotopic (exact) mass is 381 g/mol. The van der Waals surface area contributed by atoms with Crippen LogP contribution in [-0.2, 0) is 14.8 Å². The number of aliphatic hydroxyl groups is 1. The van der Waals surface area contributed by atoms with Gasteiger partial charge in [-0.1, -0.05) is 0 Å². The second kappa shape index (κ2) is 6.73. The molecule has 0 fully saturated rings. The maximum absolute atomic E-state index is 12.0. The number of nitrogens with one attached hydrogen (secondary N) is 1. The Labute approximate surface area is 131 Å². The van der Waals surface area contributed by atoms with Gasteiger partial charge in [0.25, 0.3) is 0 Å². The van der Waals surface area contributed by atoms with Crippen molar-refractivity contribution in [3.8, 4) is 5.75 Å². The van der Waals surface area contributed by atoms with Crippen LogP contribution in [0.2, 0.25) is 0 Å². The van der Waals surface area contributed by atoms with Crippen molar-refractivity contribution in [2.45, 2.75) is 24.3 Å². The Bertz CT molecular complexity index is 629. The Morgan fingerprint density at radius 3 is 2.57 bits per heavy atom. The number of carbonyl (C=O) groups is 1. The van der Waals surface area contributed by atoms with E-state index in [9.17, 15) is 18.3 Å². The molecule has 0 saturated heterocycles. The fraction of sp³-hybridized carbons (Fsp3) is 0.417. The molecule has 1 unspecified atom stereocenters. The van der Waals surface area contributed by atoms with Crippen molar-refractivity contribution in [2.75, 3.05) is 13.2 Å². The number of aliphatic carboxylic acids is 1. The highest BCUT2D eigenvalue weighted by atomic mass is 79.9. The average molecular weight is 382 g/mol. The molecule has 0 radical (unpaired) electrons. The number of carboxylic acid groups (broad SMARTS) is 1. The van der Waals surface area contributed by atoms with E-state index in [0.29, 0.717) is 16.8 Å². The van der Waals surface area contributed by atoms with Crippen LogP contribution in [0.25, 0.3) is 0 Å². The van der Waals surface area contributed by atoms with Gasteiger partial charge < -0.3 is 14.9 Å². The van der Waals surface area contributed by atoms with Crippen molar-refractivity contribution in [3.63, 3.8) is 0 Å². The van der Waals surface area contributed by atoms with Crippen LogP contribution in [0.1, 0.15) is 13.8 Å². The third-order valence-corrected chi connectivity index (χ3v) is 4.60. The fourth-order valence-corrected chi connectivity index (χ4v) is 3.12. The van der Waals surface area contributed by atoms with Gasteiger partial charge >= 0.3 is 5.97 Å². The number of halogens is 1. The molecule has 9 heteroatoms. The number of ether oxygens (including phenoxy) is 1. The minimum absolute atomic E-state index is 0.0704. The third-order valence-electron chi connectivity index (χ3n) is 2.58. The van der Waals surface area contributed by atoms with Gasteiger partial charge in [-0.2, -0.15) is 0 Å². The van der Waals surface area contributed by atoms with E-state index in [2.05, 4.69) is 20.7 Å². The Kier molecular flexibility index (Phi) is 5.74.